The highest BCUT2D eigenvalue weighted by Gasteiger charge is 2.24. The van der Waals surface area contributed by atoms with Gasteiger partial charge in [-0.05, 0) is 12.1 Å². The average Bonchev–Trinajstić information content (AvgIpc) is 2.32. The van der Waals surface area contributed by atoms with E-state index in [4.69, 9.17) is 4.74 Å². The molecule has 1 heterocycles. The molecule has 2 rings (SSSR count). The quantitative estimate of drug-likeness (QED) is 0.638. The van der Waals surface area contributed by atoms with E-state index in [-0.39, 0.29) is 29.0 Å². The Labute approximate surface area is 110 Å². The van der Waals surface area contributed by atoms with Crippen LogP contribution in [0.25, 0.3) is 0 Å². The van der Waals surface area contributed by atoms with Crippen molar-refractivity contribution in [3.05, 3.63) is 33.9 Å². The molecule has 0 aliphatic carbocycles. The number of nitrogens with zero attached hydrogens (tertiary/aromatic N) is 2. The molecule has 0 unspecified atom stereocenters. The summed E-state index contributed by atoms with van der Waals surface area (Å²) in [4.78, 5) is 23.6. The molecule has 1 fully saturated rings. The molecule has 0 atom stereocenters. The number of hydrogen-bond acceptors (Lipinski definition) is 5. The SMILES string of the molecule is CN(C)C(=O)c1ccc(OC2CNC2)c([N+](=O)[O-])c1. The van der Waals surface area contributed by atoms with Crippen LogP contribution in [0.2, 0.25) is 0 Å². The molecule has 1 saturated heterocycles. The van der Waals surface area contributed by atoms with Crippen LogP contribution in [0.1, 0.15) is 10.4 Å². The Morgan fingerprint density at radius 1 is 1.47 bits per heavy atom. The van der Waals surface area contributed by atoms with Gasteiger partial charge in [0.15, 0.2) is 5.75 Å². The van der Waals surface area contributed by atoms with Gasteiger partial charge in [-0.15, -0.1) is 0 Å². The summed E-state index contributed by atoms with van der Waals surface area (Å²) in [5.41, 5.74) is 0.0929. The van der Waals surface area contributed by atoms with Crippen molar-refractivity contribution in [2.24, 2.45) is 0 Å². The van der Waals surface area contributed by atoms with E-state index in [1.165, 1.54) is 23.1 Å². The molecule has 1 aromatic rings. The van der Waals surface area contributed by atoms with Crippen molar-refractivity contribution in [2.75, 3.05) is 27.2 Å². The minimum Gasteiger partial charge on any atom is -0.481 e. The molecule has 7 nitrogen and oxygen atoms in total. The molecule has 0 radical (unpaired) electrons. The van der Waals surface area contributed by atoms with Crippen molar-refractivity contribution in [1.29, 1.82) is 0 Å². The molecule has 1 aromatic carbocycles. The van der Waals surface area contributed by atoms with Crippen LogP contribution < -0.4 is 10.1 Å². The number of nitro groups is 1. The van der Waals surface area contributed by atoms with Gasteiger partial charge in [-0.3, -0.25) is 14.9 Å². The zero-order valence-corrected chi connectivity index (χ0v) is 10.8. The summed E-state index contributed by atoms with van der Waals surface area (Å²) in [5, 5.41) is 14.1. The van der Waals surface area contributed by atoms with E-state index in [0.29, 0.717) is 13.1 Å². The van der Waals surface area contributed by atoms with Crippen molar-refractivity contribution in [1.82, 2.24) is 10.2 Å². The van der Waals surface area contributed by atoms with Gasteiger partial charge >= 0.3 is 5.69 Å². The summed E-state index contributed by atoms with van der Waals surface area (Å²) >= 11 is 0. The topological polar surface area (TPSA) is 84.7 Å². The van der Waals surface area contributed by atoms with Crippen molar-refractivity contribution in [2.45, 2.75) is 6.10 Å². The summed E-state index contributed by atoms with van der Waals surface area (Å²) in [6.45, 7) is 1.35. The second-order valence-corrected chi connectivity index (χ2v) is 4.54. The van der Waals surface area contributed by atoms with E-state index in [2.05, 4.69) is 5.32 Å². The van der Waals surface area contributed by atoms with Crippen molar-refractivity contribution in [3.8, 4) is 5.75 Å². The maximum Gasteiger partial charge on any atom is 0.311 e. The van der Waals surface area contributed by atoms with Gasteiger partial charge in [0.25, 0.3) is 5.91 Å². The number of amides is 1. The van der Waals surface area contributed by atoms with E-state index in [1.807, 2.05) is 0 Å². The summed E-state index contributed by atoms with van der Waals surface area (Å²) in [7, 11) is 3.19. The molecule has 0 aromatic heterocycles. The summed E-state index contributed by atoms with van der Waals surface area (Å²) in [6, 6.07) is 4.27. The van der Waals surface area contributed by atoms with Crippen molar-refractivity contribution in [3.63, 3.8) is 0 Å². The lowest BCUT2D eigenvalue weighted by molar-refractivity contribution is -0.386. The summed E-state index contributed by atoms with van der Waals surface area (Å²) in [6.07, 6.45) is -0.0471. The van der Waals surface area contributed by atoms with Gasteiger partial charge < -0.3 is 15.0 Å². The zero-order valence-electron chi connectivity index (χ0n) is 10.8. The van der Waals surface area contributed by atoms with E-state index in [1.54, 1.807) is 14.1 Å². The van der Waals surface area contributed by atoms with E-state index in [0.717, 1.165) is 0 Å². The predicted octanol–water partition coefficient (Wildman–Crippen LogP) is 0.647. The number of hydrogen-bond donors (Lipinski definition) is 1. The number of carbonyl (C=O) groups excluding carboxylic acids is 1. The third kappa shape index (κ3) is 2.82. The Bertz CT molecular complexity index is 512. The molecule has 102 valence electrons. The van der Waals surface area contributed by atoms with Gasteiger partial charge in [0.1, 0.15) is 6.10 Å². The molecular weight excluding hydrogens is 250 g/mol. The number of ether oxygens (including phenoxy) is 1. The molecule has 1 aliphatic rings. The fraction of sp³-hybridized carbons (Fsp3) is 0.417. The molecule has 1 amide bonds. The first-order valence-corrected chi connectivity index (χ1v) is 5.86. The molecular formula is C12H15N3O4. The zero-order chi connectivity index (χ0) is 14.0. The minimum absolute atomic E-state index is 0.0471. The third-order valence-corrected chi connectivity index (χ3v) is 2.85. The van der Waals surface area contributed by atoms with Crippen molar-refractivity contribution < 1.29 is 14.5 Å². The van der Waals surface area contributed by atoms with Gasteiger partial charge in [-0.1, -0.05) is 0 Å². The lowest BCUT2D eigenvalue weighted by atomic mass is 10.1. The Balaban J connectivity index is 2.29. The molecule has 7 heteroatoms. The van der Waals surface area contributed by atoms with E-state index in [9.17, 15) is 14.9 Å². The number of nitro benzene ring substituents is 1. The number of benzene rings is 1. The molecule has 0 spiro atoms. The van der Waals surface area contributed by atoms with Crippen LogP contribution in [0.4, 0.5) is 5.69 Å². The van der Waals surface area contributed by atoms with Gasteiger partial charge in [0, 0.05) is 38.8 Å². The number of carbonyl (C=O) groups is 1. The monoisotopic (exact) mass is 265 g/mol. The fourth-order valence-electron chi connectivity index (χ4n) is 1.68. The van der Waals surface area contributed by atoms with Crippen LogP contribution in [0, 0.1) is 10.1 Å². The molecule has 0 bridgehead atoms. The second-order valence-electron chi connectivity index (χ2n) is 4.54. The highest BCUT2D eigenvalue weighted by Crippen LogP contribution is 2.29. The smallest absolute Gasteiger partial charge is 0.311 e. The van der Waals surface area contributed by atoms with Crippen LogP contribution >= 0.6 is 0 Å². The Morgan fingerprint density at radius 2 is 2.16 bits per heavy atom. The van der Waals surface area contributed by atoms with E-state index >= 15 is 0 Å². The predicted molar refractivity (Wildman–Crippen MR) is 68.4 cm³/mol. The highest BCUT2D eigenvalue weighted by molar-refractivity contribution is 5.94. The normalized spacial score (nSPS) is 14.6. The largest absolute Gasteiger partial charge is 0.481 e. The number of nitrogens with one attached hydrogen (secondary N) is 1. The maximum atomic E-state index is 11.8. The maximum absolute atomic E-state index is 11.8. The van der Waals surface area contributed by atoms with Crippen LogP contribution in [0.15, 0.2) is 18.2 Å². The lowest BCUT2D eigenvalue weighted by Crippen LogP contribution is -2.50. The second kappa shape index (κ2) is 5.23. The molecule has 1 N–H and O–H groups in total. The average molecular weight is 265 g/mol. The third-order valence-electron chi connectivity index (χ3n) is 2.85. The Hall–Kier alpha value is -2.15. The first-order valence-electron chi connectivity index (χ1n) is 5.86. The van der Waals surface area contributed by atoms with Crippen LogP contribution in [0.5, 0.6) is 5.75 Å². The van der Waals surface area contributed by atoms with Gasteiger partial charge in [0.05, 0.1) is 4.92 Å². The summed E-state index contributed by atoms with van der Waals surface area (Å²) < 4.78 is 5.51. The highest BCUT2D eigenvalue weighted by atomic mass is 16.6. The van der Waals surface area contributed by atoms with Crippen LogP contribution in [0.3, 0.4) is 0 Å². The molecule has 1 aliphatic heterocycles. The first-order chi connectivity index (χ1) is 8.99. The fourth-order valence-corrected chi connectivity index (χ4v) is 1.68. The Kier molecular flexibility index (Phi) is 3.66. The Morgan fingerprint density at radius 3 is 2.63 bits per heavy atom. The number of rotatable bonds is 4. The lowest BCUT2D eigenvalue weighted by Gasteiger charge is -2.27. The van der Waals surface area contributed by atoms with Crippen LogP contribution in [-0.2, 0) is 0 Å². The van der Waals surface area contributed by atoms with Gasteiger partial charge in [0.2, 0.25) is 0 Å². The summed E-state index contributed by atoms with van der Waals surface area (Å²) in [5.74, 6) is -0.0771. The van der Waals surface area contributed by atoms with Gasteiger partial charge in [-0.2, -0.15) is 0 Å². The van der Waals surface area contributed by atoms with E-state index < -0.39 is 4.92 Å². The van der Waals surface area contributed by atoms with Gasteiger partial charge in [-0.25, -0.2) is 0 Å². The first kappa shape index (κ1) is 13.3. The van der Waals surface area contributed by atoms with Crippen molar-refractivity contribution >= 4 is 11.6 Å². The molecule has 19 heavy (non-hydrogen) atoms. The minimum atomic E-state index is -0.534. The molecule has 0 saturated carbocycles. The van der Waals surface area contributed by atoms with Crippen LogP contribution in [-0.4, -0.2) is 49.0 Å². The standard InChI is InChI=1S/C12H15N3O4/c1-14(2)12(16)8-3-4-11(10(5-8)15(17)18)19-9-6-13-7-9/h3-5,9,13H,6-7H2,1-2H3.